The average Bonchev–Trinajstić information content (AvgIpc) is 3.19. The average molecular weight is 465 g/mol. The maximum absolute atomic E-state index is 15.1. The molecule has 3 aliphatic rings. The Balaban J connectivity index is 0.00000245. The largest absolute Gasteiger partial charge is 0.343 e. The summed E-state index contributed by atoms with van der Waals surface area (Å²) in [4.78, 5) is 32.0. The van der Waals surface area contributed by atoms with Crippen LogP contribution in [0.15, 0.2) is 24.7 Å². The van der Waals surface area contributed by atoms with Gasteiger partial charge < -0.3 is 14.8 Å². The molecule has 0 spiro atoms. The zero-order valence-electron chi connectivity index (χ0n) is 18.1. The summed E-state index contributed by atoms with van der Waals surface area (Å²) in [5.74, 6) is -0.245. The Morgan fingerprint density at radius 1 is 1.12 bits per heavy atom. The number of pyridine rings is 1. The molecule has 0 aromatic carbocycles. The van der Waals surface area contributed by atoms with E-state index in [-0.39, 0.29) is 24.7 Å². The number of aromatic nitrogens is 2. The lowest BCUT2D eigenvalue weighted by Gasteiger charge is -2.39. The molecular formula is C22H30ClFN6O2. The molecule has 3 fully saturated rings. The fraction of sp³-hybridized carbons (Fsp3) is 0.591. The summed E-state index contributed by atoms with van der Waals surface area (Å²) in [6.07, 6.45) is 8.98. The first-order valence-electron chi connectivity index (χ1n) is 11.2. The molecule has 0 atom stereocenters. The highest BCUT2D eigenvalue weighted by Crippen LogP contribution is 2.33. The van der Waals surface area contributed by atoms with E-state index in [2.05, 4.69) is 31.3 Å². The lowest BCUT2D eigenvalue weighted by molar-refractivity contribution is -0.120. The first-order chi connectivity index (χ1) is 15.0. The van der Waals surface area contributed by atoms with Crippen LogP contribution < -0.4 is 15.5 Å². The van der Waals surface area contributed by atoms with E-state index in [1.54, 1.807) is 11.1 Å². The van der Waals surface area contributed by atoms with E-state index in [9.17, 15) is 9.59 Å². The summed E-state index contributed by atoms with van der Waals surface area (Å²) < 4.78 is 17.3. The van der Waals surface area contributed by atoms with Gasteiger partial charge in [-0.25, -0.2) is 9.18 Å². The SMILES string of the molecule is Cl.O=C1CCN(c2cncc3c2ccn3C2CCN(CC3(F)CCNCC3)CC2)C(=O)N1. The smallest absolute Gasteiger partial charge is 0.328 e. The van der Waals surface area contributed by atoms with Crippen molar-refractivity contribution in [3.63, 3.8) is 0 Å². The van der Waals surface area contributed by atoms with E-state index in [0.29, 0.717) is 32.0 Å². The van der Waals surface area contributed by atoms with Gasteiger partial charge in [0.05, 0.1) is 23.6 Å². The van der Waals surface area contributed by atoms with E-state index in [1.165, 1.54) is 0 Å². The number of halogens is 2. The van der Waals surface area contributed by atoms with E-state index in [4.69, 9.17) is 0 Å². The third-order valence-electron chi connectivity index (χ3n) is 6.93. The molecule has 5 rings (SSSR count). The molecule has 2 aromatic rings. The number of nitrogens with one attached hydrogen (secondary N) is 2. The van der Waals surface area contributed by atoms with Crippen LogP contribution in [0.1, 0.15) is 38.1 Å². The van der Waals surface area contributed by atoms with Gasteiger partial charge in [-0.1, -0.05) is 0 Å². The molecule has 3 aliphatic heterocycles. The van der Waals surface area contributed by atoms with Gasteiger partial charge >= 0.3 is 6.03 Å². The molecule has 3 saturated heterocycles. The Bertz CT molecular complexity index is 984. The number of carbonyl (C=O) groups is 2. The Morgan fingerprint density at radius 2 is 1.88 bits per heavy atom. The molecule has 32 heavy (non-hydrogen) atoms. The van der Waals surface area contributed by atoms with Crippen molar-refractivity contribution in [1.29, 1.82) is 0 Å². The van der Waals surface area contributed by atoms with E-state index in [0.717, 1.165) is 55.6 Å². The molecule has 2 aromatic heterocycles. The maximum atomic E-state index is 15.1. The van der Waals surface area contributed by atoms with E-state index >= 15 is 4.39 Å². The number of carbonyl (C=O) groups excluding carboxylic acids is 2. The van der Waals surface area contributed by atoms with Gasteiger partial charge in [-0.3, -0.25) is 20.0 Å². The predicted octanol–water partition coefficient (Wildman–Crippen LogP) is 2.63. The highest BCUT2D eigenvalue weighted by Gasteiger charge is 2.35. The zero-order chi connectivity index (χ0) is 21.4. The van der Waals surface area contributed by atoms with Crippen molar-refractivity contribution in [2.45, 2.75) is 43.8 Å². The molecule has 8 nitrogen and oxygen atoms in total. The highest BCUT2D eigenvalue weighted by atomic mass is 35.5. The van der Waals surface area contributed by atoms with Gasteiger partial charge in [0.1, 0.15) is 5.67 Å². The second-order valence-electron chi connectivity index (χ2n) is 8.98. The fourth-order valence-corrected chi connectivity index (χ4v) is 5.18. The zero-order valence-corrected chi connectivity index (χ0v) is 18.9. The molecule has 0 bridgehead atoms. The summed E-state index contributed by atoms with van der Waals surface area (Å²) in [5, 5.41) is 6.58. The number of rotatable bonds is 4. The van der Waals surface area contributed by atoms with Crippen molar-refractivity contribution in [1.82, 2.24) is 25.1 Å². The Kier molecular flexibility index (Phi) is 6.69. The Labute approximate surface area is 192 Å². The molecular weight excluding hydrogens is 435 g/mol. The molecule has 5 heterocycles. The number of imide groups is 1. The van der Waals surface area contributed by atoms with E-state index < -0.39 is 11.7 Å². The molecule has 174 valence electrons. The van der Waals surface area contributed by atoms with Gasteiger partial charge in [0.15, 0.2) is 0 Å². The second kappa shape index (κ2) is 9.33. The van der Waals surface area contributed by atoms with Crippen molar-refractivity contribution in [2.75, 3.05) is 44.2 Å². The number of alkyl halides is 1. The number of nitrogens with zero attached hydrogens (tertiary/aromatic N) is 4. The first kappa shape index (κ1) is 22.9. The van der Waals surface area contributed by atoms with Gasteiger partial charge in [0.25, 0.3) is 0 Å². The number of hydrogen-bond donors (Lipinski definition) is 2. The van der Waals surface area contributed by atoms with E-state index in [1.807, 2.05) is 12.3 Å². The number of urea groups is 1. The number of amides is 3. The summed E-state index contributed by atoms with van der Waals surface area (Å²) in [6, 6.07) is 1.95. The van der Waals surface area contributed by atoms with Gasteiger partial charge in [0.2, 0.25) is 5.91 Å². The standard InChI is InChI=1S/C22H29FN6O2.ClH/c23-22(5-7-24-8-6-22)15-27-9-1-16(2-10-27)28-11-3-17-18(28)13-25-14-19(17)29-12-4-20(30)26-21(29)31;/h3,11,13-14,16,24H,1-2,4-10,12,15H2,(H,26,30,31);1H. The fourth-order valence-electron chi connectivity index (χ4n) is 5.18. The third-order valence-corrected chi connectivity index (χ3v) is 6.93. The number of fused-ring (bicyclic) bond motifs is 1. The molecule has 3 amide bonds. The summed E-state index contributed by atoms with van der Waals surface area (Å²) in [5.41, 5.74) is 0.651. The van der Waals surface area contributed by atoms with Crippen molar-refractivity contribution in [3.8, 4) is 0 Å². The van der Waals surface area contributed by atoms with Crippen LogP contribution in [0.3, 0.4) is 0 Å². The van der Waals surface area contributed by atoms with Crippen LogP contribution in [-0.4, -0.2) is 71.3 Å². The van der Waals surface area contributed by atoms with Gasteiger partial charge in [-0.2, -0.15) is 0 Å². The van der Waals surface area contributed by atoms with Crippen LogP contribution in [0.4, 0.5) is 14.9 Å². The molecule has 10 heteroatoms. The lowest BCUT2D eigenvalue weighted by atomic mass is 9.92. The Morgan fingerprint density at radius 3 is 2.59 bits per heavy atom. The molecule has 2 N–H and O–H groups in total. The van der Waals surface area contributed by atoms with Gasteiger partial charge in [-0.15, -0.1) is 12.4 Å². The second-order valence-corrected chi connectivity index (χ2v) is 8.98. The first-order valence-corrected chi connectivity index (χ1v) is 11.2. The maximum Gasteiger partial charge on any atom is 0.328 e. The predicted molar refractivity (Wildman–Crippen MR) is 123 cm³/mol. The topological polar surface area (TPSA) is 82.5 Å². The van der Waals surface area contributed by atoms with Crippen LogP contribution >= 0.6 is 12.4 Å². The molecule has 0 unspecified atom stereocenters. The van der Waals surface area contributed by atoms with Crippen LogP contribution in [-0.2, 0) is 4.79 Å². The van der Waals surface area contributed by atoms with Crippen LogP contribution in [0.5, 0.6) is 0 Å². The summed E-state index contributed by atoms with van der Waals surface area (Å²) >= 11 is 0. The van der Waals surface area contributed by atoms with Crippen LogP contribution in [0, 0.1) is 0 Å². The van der Waals surface area contributed by atoms with Crippen molar-refractivity contribution in [3.05, 3.63) is 24.7 Å². The van der Waals surface area contributed by atoms with Gasteiger partial charge in [-0.05, 0) is 44.8 Å². The number of likely N-dealkylation sites (tertiary alicyclic amines) is 1. The monoisotopic (exact) mass is 464 g/mol. The third kappa shape index (κ3) is 4.46. The minimum Gasteiger partial charge on any atom is -0.343 e. The highest BCUT2D eigenvalue weighted by molar-refractivity contribution is 6.09. The van der Waals surface area contributed by atoms with Gasteiger partial charge in [0, 0.05) is 50.2 Å². The summed E-state index contributed by atoms with van der Waals surface area (Å²) in [6.45, 7) is 4.18. The Hall–Kier alpha value is -2.23. The van der Waals surface area contributed by atoms with Crippen LogP contribution in [0.25, 0.3) is 10.9 Å². The quantitative estimate of drug-likeness (QED) is 0.726. The number of piperidine rings is 2. The van der Waals surface area contributed by atoms with Crippen molar-refractivity contribution >= 4 is 40.9 Å². The number of anilines is 1. The molecule has 0 saturated carbocycles. The number of hydrogen-bond acceptors (Lipinski definition) is 5. The van der Waals surface area contributed by atoms with Crippen LogP contribution in [0.2, 0.25) is 0 Å². The van der Waals surface area contributed by atoms with Crippen molar-refractivity contribution < 1.29 is 14.0 Å². The lowest BCUT2D eigenvalue weighted by Crippen LogP contribution is -2.49. The molecule has 0 radical (unpaired) electrons. The van der Waals surface area contributed by atoms with Crippen molar-refractivity contribution in [2.24, 2.45) is 0 Å². The normalized spacial score (nSPS) is 22.6. The summed E-state index contributed by atoms with van der Waals surface area (Å²) in [7, 11) is 0. The minimum atomic E-state index is -1.06. The minimum absolute atomic E-state index is 0. The molecule has 0 aliphatic carbocycles.